The SMILES string of the molecule is CCC1CC(=N)COCC1(C)c1cccc(-c2cncc(OC)c2)c1. The van der Waals surface area contributed by atoms with Crippen LogP contribution in [0, 0.1) is 11.3 Å². The minimum atomic E-state index is -0.0974. The predicted octanol–water partition coefficient (Wildman–Crippen LogP) is 4.48. The van der Waals surface area contributed by atoms with Crippen molar-refractivity contribution in [2.24, 2.45) is 5.92 Å². The average Bonchev–Trinajstić information content (AvgIpc) is 2.80. The molecule has 3 rings (SSSR count). The number of rotatable bonds is 4. The highest BCUT2D eigenvalue weighted by atomic mass is 16.5. The van der Waals surface area contributed by atoms with Gasteiger partial charge in [0.2, 0.25) is 0 Å². The Morgan fingerprint density at radius 2 is 2.12 bits per heavy atom. The van der Waals surface area contributed by atoms with Crippen molar-refractivity contribution in [2.75, 3.05) is 20.3 Å². The molecule has 2 heterocycles. The summed E-state index contributed by atoms with van der Waals surface area (Å²) in [5.41, 5.74) is 4.03. The van der Waals surface area contributed by atoms with E-state index in [9.17, 15) is 0 Å². The van der Waals surface area contributed by atoms with Gasteiger partial charge in [0.05, 0.1) is 26.5 Å². The molecule has 0 bridgehead atoms. The van der Waals surface area contributed by atoms with Gasteiger partial charge in [0.25, 0.3) is 0 Å². The summed E-state index contributed by atoms with van der Waals surface area (Å²) in [5, 5.41) is 8.08. The minimum Gasteiger partial charge on any atom is -0.495 e. The van der Waals surface area contributed by atoms with Crippen molar-refractivity contribution in [1.82, 2.24) is 4.98 Å². The summed E-state index contributed by atoms with van der Waals surface area (Å²) >= 11 is 0. The molecule has 4 heteroatoms. The third-order valence-corrected chi connectivity index (χ3v) is 5.37. The molecule has 1 aliphatic heterocycles. The molecule has 0 amide bonds. The first-order valence-corrected chi connectivity index (χ1v) is 8.81. The van der Waals surface area contributed by atoms with E-state index in [1.54, 1.807) is 13.3 Å². The van der Waals surface area contributed by atoms with E-state index in [-0.39, 0.29) is 5.41 Å². The summed E-state index contributed by atoms with van der Waals surface area (Å²) in [6.45, 7) is 5.57. The van der Waals surface area contributed by atoms with Crippen molar-refractivity contribution < 1.29 is 9.47 Å². The summed E-state index contributed by atoms with van der Waals surface area (Å²) in [4.78, 5) is 4.27. The topological polar surface area (TPSA) is 55.2 Å². The highest BCUT2D eigenvalue weighted by molar-refractivity contribution is 5.83. The zero-order valence-corrected chi connectivity index (χ0v) is 15.2. The summed E-state index contributed by atoms with van der Waals surface area (Å²) in [5.74, 6) is 1.16. The minimum absolute atomic E-state index is 0.0974. The van der Waals surface area contributed by atoms with Gasteiger partial charge in [0.15, 0.2) is 0 Å². The van der Waals surface area contributed by atoms with E-state index < -0.39 is 0 Å². The number of aromatic nitrogens is 1. The Morgan fingerprint density at radius 3 is 2.88 bits per heavy atom. The maximum absolute atomic E-state index is 8.08. The Kier molecular flexibility index (Phi) is 5.19. The van der Waals surface area contributed by atoms with Gasteiger partial charge in [-0.15, -0.1) is 0 Å². The van der Waals surface area contributed by atoms with Crippen LogP contribution in [0.4, 0.5) is 0 Å². The van der Waals surface area contributed by atoms with E-state index in [0.717, 1.165) is 29.7 Å². The normalized spacial score (nSPS) is 24.0. The molecule has 0 saturated carbocycles. The van der Waals surface area contributed by atoms with Gasteiger partial charge in [0, 0.05) is 22.9 Å². The molecular formula is C21H26N2O2. The first-order chi connectivity index (χ1) is 12.1. The zero-order chi connectivity index (χ0) is 17.9. The van der Waals surface area contributed by atoms with Crippen LogP contribution in [-0.4, -0.2) is 31.0 Å². The first-order valence-electron chi connectivity index (χ1n) is 8.81. The Morgan fingerprint density at radius 1 is 1.28 bits per heavy atom. The van der Waals surface area contributed by atoms with Crippen LogP contribution >= 0.6 is 0 Å². The third-order valence-electron chi connectivity index (χ3n) is 5.37. The number of ether oxygens (including phenoxy) is 2. The maximum Gasteiger partial charge on any atom is 0.137 e. The van der Waals surface area contributed by atoms with Crippen molar-refractivity contribution in [3.63, 3.8) is 0 Å². The van der Waals surface area contributed by atoms with Crippen LogP contribution in [0.5, 0.6) is 5.75 Å². The zero-order valence-electron chi connectivity index (χ0n) is 15.2. The molecule has 1 fully saturated rings. The number of methoxy groups -OCH3 is 1. The van der Waals surface area contributed by atoms with Gasteiger partial charge in [-0.3, -0.25) is 4.98 Å². The molecule has 1 aromatic heterocycles. The molecule has 132 valence electrons. The van der Waals surface area contributed by atoms with Crippen molar-refractivity contribution in [2.45, 2.75) is 32.1 Å². The van der Waals surface area contributed by atoms with E-state index in [4.69, 9.17) is 14.9 Å². The fraction of sp³-hybridized carbons (Fsp3) is 0.429. The first kappa shape index (κ1) is 17.6. The molecule has 0 spiro atoms. The highest BCUT2D eigenvalue weighted by Crippen LogP contribution is 2.40. The summed E-state index contributed by atoms with van der Waals surface area (Å²) < 4.78 is 11.1. The second-order valence-electron chi connectivity index (χ2n) is 7.02. The van der Waals surface area contributed by atoms with Crippen LogP contribution in [-0.2, 0) is 10.2 Å². The van der Waals surface area contributed by atoms with Crippen LogP contribution in [0.25, 0.3) is 11.1 Å². The van der Waals surface area contributed by atoms with Gasteiger partial charge < -0.3 is 14.9 Å². The number of nitrogens with one attached hydrogen (secondary N) is 1. The predicted molar refractivity (Wildman–Crippen MR) is 101 cm³/mol. The third kappa shape index (κ3) is 3.59. The number of benzene rings is 1. The molecule has 2 atom stereocenters. The van der Waals surface area contributed by atoms with Crippen LogP contribution < -0.4 is 4.74 Å². The van der Waals surface area contributed by atoms with Crippen molar-refractivity contribution in [1.29, 1.82) is 5.41 Å². The van der Waals surface area contributed by atoms with Gasteiger partial charge >= 0.3 is 0 Å². The lowest BCUT2D eigenvalue weighted by Gasteiger charge is -2.36. The Balaban J connectivity index is 2.00. The van der Waals surface area contributed by atoms with Crippen LogP contribution in [0.3, 0.4) is 0 Å². The number of hydrogen-bond acceptors (Lipinski definition) is 4. The fourth-order valence-electron chi connectivity index (χ4n) is 3.74. The average molecular weight is 338 g/mol. The van der Waals surface area contributed by atoms with E-state index in [1.807, 2.05) is 12.3 Å². The van der Waals surface area contributed by atoms with Crippen LogP contribution in [0.1, 0.15) is 32.3 Å². The van der Waals surface area contributed by atoms with Gasteiger partial charge in [-0.2, -0.15) is 0 Å². The van der Waals surface area contributed by atoms with E-state index in [2.05, 4.69) is 43.1 Å². The van der Waals surface area contributed by atoms with Gasteiger partial charge in [-0.25, -0.2) is 0 Å². The fourth-order valence-corrected chi connectivity index (χ4v) is 3.74. The lowest BCUT2D eigenvalue weighted by Crippen LogP contribution is -2.35. The summed E-state index contributed by atoms with van der Waals surface area (Å²) in [7, 11) is 1.65. The van der Waals surface area contributed by atoms with E-state index in [0.29, 0.717) is 24.8 Å². The smallest absolute Gasteiger partial charge is 0.137 e. The quantitative estimate of drug-likeness (QED) is 0.894. The van der Waals surface area contributed by atoms with Crippen LogP contribution in [0.2, 0.25) is 0 Å². The van der Waals surface area contributed by atoms with Crippen molar-refractivity contribution in [3.05, 3.63) is 48.3 Å². The second-order valence-corrected chi connectivity index (χ2v) is 7.02. The molecule has 1 N–H and O–H groups in total. The van der Waals surface area contributed by atoms with Crippen molar-refractivity contribution >= 4 is 5.71 Å². The largest absolute Gasteiger partial charge is 0.495 e. The molecule has 2 aromatic rings. The molecule has 25 heavy (non-hydrogen) atoms. The monoisotopic (exact) mass is 338 g/mol. The van der Waals surface area contributed by atoms with E-state index >= 15 is 0 Å². The molecule has 0 radical (unpaired) electrons. The molecule has 1 aliphatic rings. The van der Waals surface area contributed by atoms with E-state index in [1.165, 1.54) is 5.56 Å². The number of pyridine rings is 1. The maximum atomic E-state index is 8.08. The standard InChI is InChI=1S/C21H26N2O2/c1-4-17-10-19(22)13-25-14-21(17,2)18-7-5-6-15(8-18)16-9-20(24-3)12-23-11-16/h5-9,11-12,17,22H,4,10,13-14H2,1-3H3. The van der Waals surface area contributed by atoms with Gasteiger partial charge in [0.1, 0.15) is 5.75 Å². The molecule has 2 unspecified atom stereocenters. The van der Waals surface area contributed by atoms with Gasteiger partial charge in [-0.1, -0.05) is 44.5 Å². The molecule has 0 aliphatic carbocycles. The molecule has 4 nitrogen and oxygen atoms in total. The Labute approximate surface area is 149 Å². The van der Waals surface area contributed by atoms with Crippen LogP contribution in [0.15, 0.2) is 42.7 Å². The van der Waals surface area contributed by atoms with Gasteiger partial charge in [-0.05, 0) is 29.5 Å². The Bertz CT molecular complexity index is 759. The Hall–Kier alpha value is -2.20. The number of nitrogens with zero attached hydrogens (tertiary/aromatic N) is 1. The van der Waals surface area contributed by atoms with Crippen molar-refractivity contribution in [3.8, 4) is 16.9 Å². The molecule has 1 aromatic carbocycles. The lowest BCUT2D eigenvalue weighted by atomic mass is 9.69. The molecule has 1 saturated heterocycles. The molecular weight excluding hydrogens is 312 g/mol. The highest BCUT2D eigenvalue weighted by Gasteiger charge is 2.38. The number of hydrogen-bond donors (Lipinski definition) is 1. The second kappa shape index (κ2) is 7.36. The summed E-state index contributed by atoms with van der Waals surface area (Å²) in [6.07, 6.45) is 5.41. The lowest BCUT2D eigenvalue weighted by molar-refractivity contribution is 0.0994. The summed E-state index contributed by atoms with van der Waals surface area (Å²) in [6, 6.07) is 10.6.